The van der Waals surface area contributed by atoms with Crippen molar-refractivity contribution in [3.05, 3.63) is 65.9 Å². The maximum Gasteiger partial charge on any atom is 0.266 e. The number of aromatic nitrogens is 1. The van der Waals surface area contributed by atoms with E-state index in [1.165, 1.54) is 12.1 Å². The summed E-state index contributed by atoms with van der Waals surface area (Å²) in [6.45, 7) is 4.17. The summed E-state index contributed by atoms with van der Waals surface area (Å²) in [6, 6.07) is 16.2. The number of nitrogens with one attached hydrogen (secondary N) is 1. The van der Waals surface area contributed by atoms with Gasteiger partial charge < -0.3 is 15.0 Å². The van der Waals surface area contributed by atoms with Gasteiger partial charge in [0.25, 0.3) is 5.91 Å². The van der Waals surface area contributed by atoms with Crippen LogP contribution in [0.25, 0.3) is 17.0 Å². The highest BCUT2D eigenvalue weighted by Gasteiger charge is 2.13. The third kappa shape index (κ3) is 3.45. The number of rotatable bonds is 4. The van der Waals surface area contributed by atoms with Gasteiger partial charge in [-0.1, -0.05) is 18.2 Å². The number of nitrogens with zero attached hydrogens (tertiary/aromatic N) is 2. The number of amides is 1. The number of para-hydroxylation sites is 1. The van der Waals surface area contributed by atoms with Crippen molar-refractivity contribution in [3.8, 4) is 11.8 Å². The molecule has 0 aliphatic rings. The smallest absolute Gasteiger partial charge is 0.266 e. The van der Waals surface area contributed by atoms with Crippen molar-refractivity contribution >= 4 is 28.6 Å². The molecule has 0 fully saturated rings. The predicted octanol–water partition coefficient (Wildman–Crippen LogP) is 4.47. The monoisotopic (exact) mass is 345 g/mol. The molecule has 3 aromatic rings. The maximum atomic E-state index is 12.4. The average Bonchev–Trinajstić information content (AvgIpc) is 3.00. The molecular formula is C21H19N3O2. The minimum Gasteiger partial charge on any atom is -0.508 e. The fourth-order valence-corrected chi connectivity index (χ4v) is 2.82. The zero-order valence-corrected chi connectivity index (χ0v) is 14.6. The second-order valence-corrected chi connectivity index (χ2v) is 6.27. The molecule has 1 heterocycles. The lowest BCUT2D eigenvalue weighted by molar-refractivity contribution is -0.112. The van der Waals surface area contributed by atoms with E-state index >= 15 is 0 Å². The number of benzene rings is 2. The summed E-state index contributed by atoms with van der Waals surface area (Å²) >= 11 is 0. The summed E-state index contributed by atoms with van der Waals surface area (Å²) in [5.74, 6) is -0.375. The van der Waals surface area contributed by atoms with Crippen molar-refractivity contribution in [1.29, 1.82) is 5.26 Å². The van der Waals surface area contributed by atoms with Gasteiger partial charge in [-0.05, 0) is 50.3 Å². The van der Waals surface area contributed by atoms with Crippen LogP contribution < -0.4 is 5.32 Å². The number of phenolic OH excluding ortho intramolecular Hbond substituents is 1. The molecular weight excluding hydrogens is 326 g/mol. The van der Waals surface area contributed by atoms with Crippen LogP contribution in [0.2, 0.25) is 0 Å². The molecule has 1 amide bonds. The SMILES string of the molecule is CC(C)n1cc(C=C(C#N)C(=O)Nc2ccc(O)cc2)c2ccccc21. The Morgan fingerprint density at radius 3 is 2.54 bits per heavy atom. The molecule has 0 radical (unpaired) electrons. The van der Waals surface area contributed by atoms with Gasteiger partial charge in [0, 0.05) is 34.4 Å². The van der Waals surface area contributed by atoms with Gasteiger partial charge in [-0.3, -0.25) is 4.79 Å². The molecule has 0 atom stereocenters. The Morgan fingerprint density at radius 2 is 1.88 bits per heavy atom. The van der Waals surface area contributed by atoms with Gasteiger partial charge in [-0.15, -0.1) is 0 Å². The zero-order chi connectivity index (χ0) is 18.7. The van der Waals surface area contributed by atoms with Gasteiger partial charge in [0.2, 0.25) is 0 Å². The van der Waals surface area contributed by atoms with E-state index in [4.69, 9.17) is 0 Å². The van der Waals surface area contributed by atoms with Crippen LogP contribution in [0.4, 0.5) is 5.69 Å². The summed E-state index contributed by atoms with van der Waals surface area (Å²) in [6.07, 6.45) is 3.57. The van der Waals surface area contributed by atoms with Crippen LogP contribution in [0.3, 0.4) is 0 Å². The summed E-state index contributed by atoms with van der Waals surface area (Å²) in [5.41, 5.74) is 2.42. The van der Waals surface area contributed by atoms with Crippen LogP contribution in [-0.2, 0) is 4.79 Å². The van der Waals surface area contributed by atoms with Gasteiger partial charge >= 0.3 is 0 Å². The molecule has 5 heteroatoms. The first kappa shape index (κ1) is 17.3. The Morgan fingerprint density at radius 1 is 1.19 bits per heavy atom. The first-order chi connectivity index (χ1) is 12.5. The zero-order valence-electron chi connectivity index (χ0n) is 14.6. The molecule has 0 saturated heterocycles. The Balaban J connectivity index is 1.96. The summed E-state index contributed by atoms with van der Waals surface area (Å²) in [7, 11) is 0. The van der Waals surface area contributed by atoms with E-state index in [1.807, 2.05) is 36.5 Å². The van der Waals surface area contributed by atoms with Crippen molar-refractivity contribution in [1.82, 2.24) is 4.57 Å². The molecule has 0 bridgehead atoms. The Labute approximate surface area is 151 Å². The Bertz CT molecular complexity index is 1020. The van der Waals surface area contributed by atoms with E-state index in [0.717, 1.165) is 16.5 Å². The fourth-order valence-electron chi connectivity index (χ4n) is 2.82. The fraction of sp³-hybridized carbons (Fsp3) is 0.143. The first-order valence-electron chi connectivity index (χ1n) is 8.31. The lowest BCUT2D eigenvalue weighted by Crippen LogP contribution is -2.13. The minimum absolute atomic E-state index is 0.0183. The molecule has 130 valence electrons. The minimum atomic E-state index is -0.487. The molecule has 5 nitrogen and oxygen atoms in total. The third-order valence-electron chi connectivity index (χ3n) is 4.12. The van der Waals surface area contributed by atoms with Gasteiger partial charge in [0.15, 0.2) is 0 Å². The standard InChI is InChI=1S/C21H19N3O2/c1-14(2)24-13-16(19-5-3-4-6-20(19)24)11-15(12-22)21(26)23-17-7-9-18(25)10-8-17/h3-11,13-14,25H,1-2H3,(H,23,26). The number of carbonyl (C=O) groups is 1. The molecule has 0 spiro atoms. The van der Waals surface area contributed by atoms with E-state index in [-0.39, 0.29) is 17.4 Å². The highest BCUT2D eigenvalue weighted by molar-refractivity contribution is 6.10. The lowest BCUT2D eigenvalue weighted by atomic mass is 10.1. The molecule has 2 aromatic carbocycles. The molecule has 0 unspecified atom stereocenters. The summed E-state index contributed by atoms with van der Waals surface area (Å²) in [4.78, 5) is 12.4. The molecule has 3 rings (SSSR count). The molecule has 1 aromatic heterocycles. The largest absolute Gasteiger partial charge is 0.508 e. The van der Waals surface area contributed by atoms with E-state index in [9.17, 15) is 15.2 Å². The number of fused-ring (bicyclic) bond motifs is 1. The lowest BCUT2D eigenvalue weighted by Gasteiger charge is -2.08. The van der Waals surface area contributed by atoms with E-state index < -0.39 is 5.91 Å². The van der Waals surface area contributed by atoms with Gasteiger partial charge in [0.1, 0.15) is 17.4 Å². The van der Waals surface area contributed by atoms with Crippen LogP contribution in [0, 0.1) is 11.3 Å². The van der Waals surface area contributed by atoms with Crippen LogP contribution in [0.5, 0.6) is 5.75 Å². The number of nitriles is 1. The van der Waals surface area contributed by atoms with Gasteiger partial charge in [-0.2, -0.15) is 5.26 Å². The van der Waals surface area contributed by atoms with Crippen LogP contribution in [0.1, 0.15) is 25.5 Å². The second kappa shape index (κ2) is 7.16. The molecule has 0 aliphatic heterocycles. The number of hydrogen-bond donors (Lipinski definition) is 2. The summed E-state index contributed by atoms with van der Waals surface area (Å²) in [5, 5.41) is 22.4. The number of aromatic hydroxyl groups is 1. The van der Waals surface area contributed by atoms with Crippen molar-refractivity contribution in [2.24, 2.45) is 0 Å². The van der Waals surface area contributed by atoms with E-state index in [2.05, 4.69) is 23.7 Å². The molecule has 2 N–H and O–H groups in total. The van der Waals surface area contributed by atoms with Crippen molar-refractivity contribution in [2.45, 2.75) is 19.9 Å². The van der Waals surface area contributed by atoms with Crippen molar-refractivity contribution in [3.63, 3.8) is 0 Å². The highest BCUT2D eigenvalue weighted by Crippen LogP contribution is 2.26. The number of hydrogen-bond acceptors (Lipinski definition) is 3. The van der Waals surface area contributed by atoms with Crippen molar-refractivity contribution in [2.75, 3.05) is 5.32 Å². The normalized spacial score (nSPS) is 11.5. The third-order valence-corrected chi connectivity index (χ3v) is 4.12. The Kier molecular flexibility index (Phi) is 4.76. The molecule has 0 saturated carbocycles. The van der Waals surface area contributed by atoms with Crippen molar-refractivity contribution < 1.29 is 9.90 Å². The highest BCUT2D eigenvalue weighted by atomic mass is 16.3. The quantitative estimate of drug-likeness (QED) is 0.416. The molecule has 26 heavy (non-hydrogen) atoms. The maximum absolute atomic E-state index is 12.4. The summed E-state index contributed by atoms with van der Waals surface area (Å²) < 4.78 is 2.12. The predicted molar refractivity (Wildman–Crippen MR) is 103 cm³/mol. The topological polar surface area (TPSA) is 78.0 Å². The van der Waals surface area contributed by atoms with Crippen LogP contribution in [-0.4, -0.2) is 15.6 Å². The number of anilines is 1. The Hall–Kier alpha value is -3.52. The second-order valence-electron chi connectivity index (χ2n) is 6.27. The van der Waals surface area contributed by atoms with Crippen LogP contribution >= 0.6 is 0 Å². The molecule has 0 aliphatic carbocycles. The van der Waals surface area contributed by atoms with E-state index in [0.29, 0.717) is 5.69 Å². The van der Waals surface area contributed by atoms with Gasteiger partial charge in [-0.25, -0.2) is 0 Å². The van der Waals surface area contributed by atoms with Crippen LogP contribution in [0.15, 0.2) is 60.3 Å². The first-order valence-corrected chi connectivity index (χ1v) is 8.31. The van der Waals surface area contributed by atoms with E-state index in [1.54, 1.807) is 18.2 Å². The average molecular weight is 345 g/mol. The van der Waals surface area contributed by atoms with Gasteiger partial charge in [0.05, 0.1) is 0 Å². The number of carbonyl (C=O) groups excluding carboxylic acids is 1. The number of phenols is 1.